The van der Waals surface area contributed by atoms with Crippen molar-refractivity contribution in [3.8, 4) is 0 Å². The van der Waals surface area contributed by atoms with Crippen molar-refractivity contribution in [2.45, 2.75) is 52.7 Å². The summed E-state index contributed by atoms with van der Waals surface area (Å²) in [6.45, 7) is 9.84. The number of carbonyl (C=O) groups is 2. The summed E-state index contributed by atoms with van der Waals surface area (Å²) in [7, 11) is 0. The highest BCUT2D eigenvalue weighted by atomic mass is 32.1. The Kier molecular flexibility index (Phi) is 5.92. The monoisotopic (exact) mass is 313 g/mol. The van der Waals surface area contributed by atoms with Crippen molar-refractivity contribution in [1.82, 2.24) is 5.32 Å². The summed E-state index contributed by atoms with van der Waals surface area (Å²) in [6, 6.07) is 0.836. The Bertz CT molecular complexity index is 497. The highest BCUT2D eigenvalue weighted by molar-refractivity contribution is 7.14. The van der Waals surface area contributed by atoms with Crippen LogP contribution in [0.15, 0.2) is 6.07 Å². The first-order valence-electron chi connectivity index (χ1n) is 6.85. The van der Waals surface area contributed by atoms with Crippen LogP contribution in [0.1, 0.15) is 47.3 Å². The van der Waals surface area contributed by atoms with Gasteiger partial charge in [0.15, 0.2) is 0 Å². The molecule has 0 aliphatic rings. The van der Waals surface area contributed by atoms with E-state index in [1.54, 1.807) is 6.07 Å². The molecule has 2 N–H and O–H groups in total. The molecule has 0 aliphatic heterocycles. The van der Waals surface area contributed by atoms with Crippen molar-refractivity contribution >= 4 is 23.2 Å². The van der Waals surface area contributed by atoms with Crippen molar-refractivity contribution < 1.29 is 19.4 Å². The van der Waals surface area contributed by atoms with Gasteiger partial charge >= 0.3 is 5.97 Å². The molecular weight excluding hydrogens is 290 g/mol. The number of ether oxygens (including phenoxy) is 1. The zero-order valence-corrected chi connectivity index (χ0v) is 14.0. The Balaban J connectivity index is 2.62. The summed E-state index contributed by atoms with van der Waals surface area (Å²) in [6.07, 6.45) is 0.238. The van der Waals surface area contributed by atoms with Crippen molar-refractivity contribution in [3.05, 3.63) is 21.4 Å². The molecule has 0 radical (unpaired) electrons. The number of rotatable bonds is 6. The van der Waals surface area contributed by atoms with E-state index in [4.69, 9.17) is 4.74 Å². The SMILES string of the molecule is Cc1cc(C(=O)NC(CCOC(C)(C)C)C(=O)O)sc1C. The maximum atomic E-state index is 12.1. The van der Waals surface area contributed by atoms with Gasteiger partial charge in [0, 0.05) is 17.9 Å². The lowest BCUT2D eigenvalue weighted by Crippen LogP contribution is -2.41. The molecule has 0 saturated carbocycles. The molecule has 0 saturated heterocycles. The molecule has 5 nitrogen and oxygen atoms in total. The fraction of sp³-hybridized carbons (Fsp3) is 0.600. The van der Waals surface area contributed by atoms with Gasteiger partial charge in [0.05, 0.1) is 10.5 Å². The maximum absolute atomic E-state index is 12.1. The van der Waals surface area contributed by atoms with Crippen LogP contribution >= 0.6 is 11.3 Å². The first-order valence-corrected chi connectivity index (χ1v) is 7.66. The molecule has 1 unspecified atom stereocenters. The molecule has 0 aliphatic carbocycles. The van der Waals surface area contributed by atoms with Gasteiger partial charge in [-0.15, -0.1) is 11.3 Å². The maximum Gasteiger partial charge on any atom is 0.326 e. The molecular formula is C15H23NO4S. The highest BCUT2D eigenvalue weighted by Crippen LogP contribution is 2.20. The summed E-state index contributed by atoms with van der Waals surface area (Å²) >= 11 is 1.37. The average molecular weight is 313 g/mol. The molecule has 0 aromatic carbocycles. The van der Waals surface area contributed by atoms with E-state index >= 15 is 0 Å². The number of amides is 1. The second-order valence-electron chi connectivity index (χ2n) is 5.96. The number of carboxylic acids is 1. The predicted molar refractivity (Wildman–Crippen MR) is 83.0 cm³/mol. The first-order chi connectivity index (χ1) is 9.60. The molecule has 1 aromatic rings. The lowest BCUT2D eigenvalue weighted by Gasteiger charge is -2.21. The van der Waals surface area contributed by atoms with E-state index in [1.807, 2.05) is 34.6 Å². The highest BCUT2D eigenvalue weighted by Gasteiger charge is 2.22. The van der Waals surface area contributed by atoms with E-state index in [2.05, 4.69) is 5.32 Å². The molecule has 0 spiro atoms. The fourth-order valence-electron chi connectivity index (χ4n) is 1.65. The second-order valence-corrected chi connectivity index (χ2v) is 7.22. The van der Waals surface area contributed by atoms with Gasteiger partial charge in [-0.1, -0.05) is 0 Å². The summed E-state index contributed by atoms with van der Waals surface area (Å²) in [5, 5.41) is 11.7. The summed E-state index contributed by atoms with van der Waals surface area (Å²) in [5.41, 5.74) is 0.711. The number of aliphatic carboxylic acids is 1. The molecule has 21 heavy (non-hydrogen) atoms. The topological polar surface area (TPSA) is 75.6 Å². The van der Waals surface area contributed by atoms with Gasteiger partial charge in [0.25, 0.3) is 5.91 Å². The molecule has 1 rings (SSSR count). The van der Waals surface area contributed by atoms with Crippen LogP contribution in [0.5, 0.6) is 0 Å². The van der Waals surface area contributed by atoms with Crippen LogP contribution in [-0.2, 0) is 9.53 Å². The van der Waals surface area contributed by atoms with Crippen molar-refractivity contribution in [3.63, 3.8) is 0 Å². The van der Waals surface area contributed by atoms with E-state index in [0.717, 1.165) is 10.4 Å². The van der Waals surface area contributed by atoms with Crippen LogP contribution in [0.25, 0.3) is 0 Å². The Morgan fingerprint density at radius 3 is 2.43 bits per heavy atom. The molecule has 6 heteroatoms. The van der Waals surface area contributed by atoms with Crippen LogP contribution < -0.4 is 5.32 Å². The standard InChI is InChI=1S/C15H23NO4S/c1-9-8-12(21-10(9)2)13(17)16-11(14(18)19)6-7-20-15(3,4)5/h8,11H,6-7H2,1-5H3,(H,16,17)(H,18,19). The Morgan fingerprint density at radius 2 is 2.00 bits per heavy atom. The van der Waals surface area contributed by atoms with Gasteiger partial charge in [0.1, 0.15) is 6.04 Å². The van der Waals surface area contributed by atoms with Crippen molar-refractivity contribution in [2.75, 3.05) is 6.61 Å². The zero-order valence-electron chi connectivity index (χ0n) is 13.1. The summed E-state index contributed by atoms with van der Waals surface area (Å²) in [4.78, 5) is 24.9. The van der Waals surface area contributed by atoms with Gasteiger partial charge in [-0.2, -0.15) is 0 Å². The lowest BCUT2D eigenvalue weighted by atomic mass is 10.1. The first kappa shape index (κ1) is 17.7. The predicted octanol–water partition coefficient (Wildman–Crippen LogP) is 2.75. The van der Waals surface area contributed by atoms with Gasteiger partial charge < -0.3 is 15.2 Å². The number of hydrogen-bond donors (Lipinski definition) is 2. The van der Waals surface area contributed by atoms with Crippen molar-refractivity contribution in [1.29, 1.82) is 0 Å². The van der Waals surface area contributed by atoms with Crippen LogP contribution in [0.2, 0.25) is 0 Å². The molecule has 1 atom stereocenters. The smallest absolute Gasteiger partial charge is 0.326 e. The number of nitrogens with one attached hydrogen (secondary N) is 1. The van der Waals surface area contributed by atoms with Gasteiger partial charge in [-0.05, 0) is 46.2 Å². The molecule has 1 aromatic heterocycles. The number of carboxylic acid groups (broad SMARTS) is 1. The van der Waals surface area contributed by atoms with Gasteiger partial charge in [-0.3, -0.25) is 4.79 Å². The van der Waals surface area contributed by atoms with E-state index < -0.39 is 12.0 Å². The largest absolute Gasteiger partial charge is 0.480 e. The van der Waals surface area contributed by atoms with Crippen LogP contribution in [0.4, 0.5) is 0 Å². The van der Waals surface area contributed by atoms with Gasteiger partial charge in [0.2, 0.25) is 0 Å². The number of aryl methyl sites for hydroxylation is 2. The second kappa shape index (κ2) is 7.04. The molecule has 118 valence electrons. The van der Waals surface area contributed by atoms with Crippen molar-refractivity contribution in [2.24, 2.45) is 0 Å². The number of thiophene rings is 1. The fourth-order valence-corrected chi connectivity index (χ4v) is 2.59. The number of hydrogen-bond acceptors (Lipinski definition) is 4. The third kappa shape index (κ3) is 5.85. The molecule has 0 fully saturated rings. The Hall–Kier alpha value is -1.40. The van der Waals surface area contributed by atoms with E-state index in [0.29, 0.717) is 4.88 Å². The van der Waals surface area contributed by atoms with Crippen LogP contribution in [0, 0.1) is 13.8 Å². The minimum absolute atomic E-state index is 0.238. The summed E-state index contributed by atoms with van der Waals surface area (Å²) < 4.78 is 5.51. The molecule has 1 amide bonds. The summed E-state index contributed by atoms with van der Waals surface area (Å²) in [5.74, 6) is -1.40. The molecule has 0 bridgehead atoms. The lowest BCUT2D eigenvalue weighted by molar-refractivity contribution is -0.140. The quantitative estimate of drug-likeness (QED) is 0.847. The van der Waals surface area contributed by atoms with Gasteiger partial charge in [-0.25, -0.2) is 4.79 Å². The van der Waals surface area contributed by atoms with E-state index in [1.165, 1.54) is 11.3 Å². The average Bonchev–Trinajstić information content (AvgIpc) is 2.66. The zero-order chi connectivity index (χ0) is 16.2. The normalized spacial score (nSPS) is 13.0. The third-order valence-electron chi connectivity index (χ3n) is 2.93. The Morgan fingerprint density at radius 1 is 1.38 bits per heavy atom. The molecule has 1 heterocycles. The van der Waals surface area contributed by atoms with E-state index in [-0.39, 0.29) is 24.5 Å². The van der Waals surface area contributed by atoms with E-state index in [9.17, 15) is 14.7 Å². The Labute approximate surface area is 129 Å². The minimum Gasteiger partial charge on any atom is -0.480 e. The third-order valence-corrected chi connectivity index (χ3v) is 4.09. The minimum atomic E-state index is -1.05. The number of carbonyl (C=O) groups excluding carboxylic acids is 1. The van der Waals surface area contributed by atoms with Crippen LogP contribution in [0.3, 0.4) is 0 Å². The van der Waals surface area contributed by atoms with Crippen LogP contribution in [-0.4, -0.2) is 35.2 Å².